The summed E-state index contributed by atoms with van der Waals surface area (Å²) in [6.07, 6.45) is -5.71. The lowest BCUT2D eigenvalue weighted by Gasteiger charge is -2.06. The van der Waals surface area contributed by atoms with Gasteiger partial charge in [0.2, 0.25) is 0 Å². The van der Waals surface area contributed by atoms with Crippen LogP contribution in [0, 0.1) is 5.82 Å². The van der Waals surface area contributed by atoms with E-state index in [0.29, 0.717) is 0 Å². The maximum absolute atomic E-state index is 14.1. The Morgan fingerprint density at radius 1 is 1.16 bits per heavy atom. The standard InChI is InChI=1S/C15H13F4N5O/c1-8(25)13-20-14(11-7-12(15(17,18)19)21-23(11)2)24(22-13)10-6-4-3-5-9(10)16/h3-8,25H,1-2H3. The largest absolute Gasteiger partial charge is 0.435 e. The summed E-state index contributed by atoms with van der Waals surface area (Å²) in [6.45, 7) is 1.40. The fourth-order valence-electron chi connectivity index (χ4n) is 2.28. The van der Waals surface area contributed by atoms with Gasteiger partial charge in [0.05, 0.1) is 0 Å². The molecule has 6 nitrogen and oxygen atoms in total. The van der Waals surface area contributed by atoms with E-state index in [0.717, 1.165) is 15.4 Å². The SMILES string of the molecule is CC(O)c1nc(-c2cc(C(F)(F)F)nn2C)n(-c2ccccc2F)n1. The molecule has 1 N–H and O–H groups in total. The summed E-state index contributed by atoms with van der Waals surface area (Å²) < 4.78 is 54.9. The molecule has 0 spiro atoms. The highest BCUT2D eigenvalue weighted by molar-refractivity contribution is 5.55. The first-order valence-corrected chi connectivity index (χ1v) is 7.20. The van der Waals surface area contributed by atoms with E-state index in [1.165, 1.54) is 32.2 Å². The van der Waals surface area contributed by atoms with Gasteiger partial charge in [-0.05, 0) is 25.1 Å². The van der Waals surface area contributed by atoms with E-state index in [9.17, 15) is 22.7 Å². The van der Waals surface area contributed by atoms with Crippen LogP contribution < -0.4 is 0 Å². The van der Waals surface area contributed by atoms with Crippen LogP contribution in [0.2, 0.25) is 0 Å². The number of aliphatic hydroxyl groups excluding tert-OH is 1. The highest BCUT2D eigenvalue weighted by atomic mass is 19.4. The van der Waals surface area contributed by atoms with Gasteiger partial charge in [0.15, 0.2) is 17.3 Å². The average molecular weight is 355 g/mol. The third-order valence-corrected chi connectivity index (χ3v) is 3.48. The summed E-state index contributed by atoms with van der Waals surface area (Å²) in [5.74, 6) is -0.747. The van der Waals surface area contributed by atoms with Gasteiger partial charge < -0.3 is 5.11 Å². The molecule has 25 heavy (non-hydrogen) atoms. The predicted octanol–water partition coefficient (Wildman–Crippen LogP) is 2.88. The van der Waals surface area contributed by atoms with Crippen LogP contribution in [0.3, 0.4) is 0 Å². The number of hydrogen-bond acceptors (Lipinski definition) is 4. The number of aliphatic hydroxyl groups is 1. The molecule has 10 heteroatoms. The molecule has 0 fully saturated rings. The Morgan fingerprint density at radius 2 is 1.84 bits per heavy atom. The fraction of sp³-hybridized carbons (Fsp3) is 0.267. The molecule has 1 aromatic carbocycles. The Kier molecular flexibility index (Phi) is 4.07. The van der Waals surface area contributed by atoms with Crippen molar-refractivity contribution in [1.29, 1.82) is 0 Å². The zero-order valence-corrected chi connectivity index (χ0v) is 13.2. The van der Waals surface area contributed by atoms with Gasteiger partial charge in [-0.15, -0.1) is 5.10 Å². The molecule has 0 bridgehead atoms. The van der Waals surface area contributed by atoms with Crippen LogP contribution in [0.25, 0.3) is 17.2 Å². The molecular formula is C15H13F4N5O. The topological polar surface area (TPSA) is 68.8 Å². The molecule has 3 aromatic rings. The highest BCUT2D eigenvalue weighted by Gasteiger charge is 2.35. The number of alkyl halides is 3. The number of rotatable bonds is 3. The van der Waals surface area contributed by atoms with Crippen LogP contribution in [0.1, 0.15) is 24.5 Å². The van der Waals surface area contributed by atoms with E-state index < -0.39 is 23.8 Å². The number of hydrogen-bond donors (Lipinski definition) is 1. The molecule has 0 saturated carbocycles. The molecule has 132 valence electrons. The van der Waals surface area contributed by atoms with Gasteiger partial charge in [-0.1, -0.05) is 12.1 Å². The van der Waals surface area contributed by atoms with Crippen molar-refractivity contribution in [2.75, 3.05) is 0 Å². The summed E-state index contributed by atoms with van der Waals surface area (Å²) in [4.78, 5) is 4.06. The van der Waals surface area contributed by atoms with Gasteiger partial charge >= 0.3 is 6.18 Å². The third-order valence-electron chi connectivity index (χ3n) is 3.48. The minimum absolute atomic E-state index is 0.00772. The van der Waals surface area contributed by atoms with E-state index in [2.05, 4.69) is 15.2 Å². The molecule has 1 unspecified atom stereocenters. The van der Waals surface area contributed by atoms with Crippen molar-refractivity contribution >= 4 is 0 Å². The molecule has 0 amide bonds. The second-order valence-electron chi connectivity index (χ2n) is 5.37. The Labute approximate surface area is 139 Å². The van der Waals surface area contributed by atoms with Crippen molar-refractivity contribution in [3.63, 3.8) is 0 Å². The number of aromatic nitrogens is 5. The quantitative estimate of drug-likeness (QED) is 0.734. The fourth-order valence-corrected chi connectivity index (χ4v) is 2.28. The zero-order valence-electron chi connectivity index (χ0n) is 13.2. The van der Waals surface area contributed by atoms with E-state index in [1.807, 2.05) is 0 Å². The number of nitrogens with zero attached hydrogens (tertiary/aromatic N) is 5. The van der Waals surface area contributed by atoms with E-state index in [-0.39, 0.29) is 23.0 Å². The molecule has 1 atom stereocenters. The second-order valence-corrected chi connectivity index (χ2v) is 5.37. The zero-order chi connectivity index (χ0) is 18.4. The van der Waals surface area contributed by atoms with E-state index in [1.54, 1.807) is 6.07 Å². The first kappa shape index (κ1) is 17.1. The summed E-state index contributed by atoms with van der Waals surface area (Å²) in [5.41, 5.74) is -1.13. The first-order valence-electron chi connectivity index (χ1n) is 7.20. The molecule has 3 rings (SSSR count). The van der Waals surface area contributed by atoms with Gasteiger partial charge in [0, 0.05) is 7.05 Å². The molecule has 0 aliphatic carbocycles. The Hall–Kier alpha value is -2.75. The lowest BCUT2D eigenvalue weighted by atomic mass is 10.3. The van der Waals surface area contributed by atoms with Crippen molar-refractivity contribution in [2.45, 2.75) is 19.2 Å². The lowest BCUT2D eigenvalue weighted by Crippen LogP contribution is -2.06. The minimum Gasteiger partial charge on any atom is -0.385 e. The molecule has 0 aliphatic rings. The molecule has 2 aromatic heterocycles. The Balaban J connectivity index is 2.23. The number of para-hydroxylation sites is 1. The van der Waals surface area contributed by atoms with Crippen molar-refractivity contribution in [2.24, 2.45) is 7.05 Å². The normalized spacial score (nSPS) is 13.2. The molecule has 2 heterocycles. The van der Waals surface area contributed by atoms with Crippen molar-refractivity contribution in [1.82, 2.24) is 24.5 Å². The first-order chi connectivity index (χ1) is 11.7. The van der Waals surface area contributed by atoms with E-state index in [4.69, 9.17) is 0 Å². The molecular weight excluding hydrogens is 342 g/mol. The van der Waals surface area contributed by atoms with Gasteiger partial charge in [0.1, 0.15) is 23.3 Å². The number of aryl methyl sites for hydroxylation is 1. The third kappa shape index (κ3) is 3.12. The maximum atomic E-state index is 14.1. The van der Waals surface area contributed by atoms with Crippen LogP contribution in [-0.2, 0) is 13.2 Å². The highest BCUT2D eigenvalue weighted by Crippen LogP contribution is 2.32. The van der Waals surface area contributed by atoms with Crippen molar-refractivity contribution < 1.29 is 22.7 Å². The van der Waals surface area contributed by atoms with Crippen molar-refractivity contribution in [3.05, 3.63) is 47.7 Å². The van der Waals surface area contributed by atoms with Crippen LogP contribution in [0.4, 0.5) is 17.6 Å². The molecule has 0 radical (unpaired) electrons. The molecule has 0 aliphatic heterocycles. The Bertz CT molecular complexity index is 913. The van der Waals surface area contributed by atoms with Gasteiger partial charge in [0.25, 0.3) is 0 Å². The Morgan fingerprint density at radius 3 is 2.40 bits per heavy atom. The monoisotopic (exact) mass is 355 g/mol. The maximum Gasteiger partial charge on any atom is 0.435 e. The second kappa shape index (κ2) is 5.96. The van der Waals surface area contributed by atoms with Crippen LogP contribution in [0.5, 0.6) is 0 Å². The van der Waals surface area contributed by atoms with Crippen LogP contribution >= 0.6 is 0 Å². The smallest absolute Gasteiger partial charge is 0.385 e. The predicted molar refractivity (Wildman–Crippen MR) is 79.2 cm³/mol. The van der Waals surface area contributed by atoms with E-state index >= 15 is 0 Å². The number of halogens is 4. The number of benzene rings is 1. The minimum atomic E-state index is -4.63. The summed E-state index contributed by atoms with van der Waals surface area (Å²) in [6, 6.07) is 6.41. The molecule has 0 saturated heterocycles. The lowest BCUT2D eigenvalue weighted by molar-refractivity contribution is -0.141. The van der Waals surface area contributed by atoms with Gasteiger partial charge in [-0.2, -0.15) is 18.3 Å². The summed E-state index contributed by atoms with van der Waals surface area (Å²) in [5, 5.41) is 17.1. The van der Waals surface area contributed by atoms with Crippen LogP contribution in [-0.4, -0.2) is 29.7 Å². The van der Waals surface area contributed by atoms with Gasteiger partial charge in [-0.3, -0.25) is 4.68 Å². The van der Waals surface area contributed by atoms with Crippen molar-refractivity contribution in [3.8, 4) is 17.2 Å². The average Bonchev–Trinajstić information content (AvgIpc) is 3.11. The van der Waals surface area contributed by atoms with Crippen LogP contribution in [0.15, 0.2) is 30.3 Å². The summed E-state index contributed by atoms with van der Waals surface area (Å²) in [7, 11) is 1.31. The van der Waals surface area contributed by atoms with Gasteiger partial charge in [-0.25, -0.2) is 14.1 Å². The summed E-state index contributed by atoms with van der Waals surface area (Å²) >= 11 is 0.